The molecule has 4 fully saturated rings. The SMILES string of the molecule is C[C@@H](C1CC1)N1Cc2cc(-c3cnc4c(N)nc(C(=O)NC56CC(C5)C6)cn34)cc(S(C)(=O)=O)c2C1=O. The summed E-state index contributed by atoms with van der Waals surface area (Å²) >= 11 is 0. The van der Waals surface area contributed by atoms with Gasteiger partial charge in [0.25, 0.3) is 11.8 Å². The van der Waals surface area contributed by atoms with Gasteiger partial charge in [-0.25, -0.2) is 18.4 Å². The second-order valence-corrected chi connectivity index (χ2v) is 13.3. The Hall–Kier alpha value is -3.47. The van der Waals surface area contributed by atoms with Crippen LogP contribution in [0, 0.1) is 11.8 Å². The molecule has 37 heavy (non-hydrogen) atoms. The number of fused-ring (bicyclic) bond motifs is 2. The third-order valence-electron chi connectivity index (χ3n) is 8.66. The van der Waals surface area contributed by atoms with E-state index in [0.29, 0.717) is 34.9 Å². The number of nitrogens with two attached hydrogens (primary N) is 1. The molecule has 3 aromatic rings. The second-order valence-electron chi connectivity index (χ2n) is 11.4. The number of hydrogen-bond donors (Lipinski definition) is 2. The van der Waals surface area contributed by atoms with Crippen LogP contribution in [0.5, 0.6) is 0 Å². The second kappa shape index (κ2) is 7.31. The molecule has 0 saturated heterocycles. The lowest BCUT2D eigenvalue weighted by molar-refractivity contribution is -0.0439. The van der Waals surface area contributed by atoms with E-state index in [4.69, 9.17) is 5.73 Å². The molecule has 2 bridgehead atoms. The van der Waals surface area contributed by atoms with Crippen molar-refractivity contribution in [1.29, 1.82) is 0 Å². The van der Waals surface area contributed by atoms with Gasteiger partial charge in [0, 0.05) is 36.1 Å². The van der Waals surface area contributed by atoms with Crippen molar-refractivity contribution in [3.63, 3.8) is 0 Å². The van der Waals surface area contributed by atoms with Crippen molar-refractivity contribution in [2.75, 3.05) is 12.0 Å². The third kappa shape index (κ3) is 3.39. The first-order valence-electron chi connectivity index (χ1n) is 12.7. The molecule has 11 heteroatoms. The molecule has 0 unspecified atom stereocenters. The Labute approximate surface area is 214 Å². The van der Waals surface area contributed by atoms with Crippen LogP contribution in [-0.4, -0.2) is 57.3 Å². The Balaban J connectivity index is 1.32. The fourth-order valence-electron chi connectivity index (χ4n) is 6.31. The Morgan fingerprint density at radius 3 is 2.59 bits per heavy atom. The first-order chi connectivity index (χ1) is 17.5. The van der Waals surface area contributed by atoms with Crippen molar-refractivity contribution in [3.8, 4) is 11.3 Å². The van der Waals surface area contributed by atoms with Crippen molar-refractivity contribution in [3.05, 3.63) is 41.3 Å². The summed E-state index contributed by atoms with van der Waals surface area (Å²) in [7, 11) is -3.70. The normalized spacial score (nSPS) is 25.0. The highest BCUT2D eigenvalue weighted by molar-refractivity contribution is 7.90. The van der Waals surface area contributed by atoms with Crippen LogP contribution in [0.4, 0.5) is 5.82 Å². The highest BCUT2D eigenvalue weighted by Gasteiger charge is 2.57. The number of hydrogen-bond acceptors (Lipinski definition) is 7. The molecule has 3 N–H and O–H groups in total. The molecule has 4 aliphatic carbocycles. The van der Waals surface area contributed by atoms with Crippen LogP contribution in [0.1, 0.15) is 65.4 Å². The molecule has 5 aliphatic rings. The Morgan fingerprint density at radius 2 is 1.97 bits per heavy atom. The van der Waals surface area contributed by atoms with Gasteiger partial charge in [-0.1, -0.05) is 0 Å². The van der Waals surface area contributed by atoms with E-state index in [9.17, 15) is 18.0 Å². The molecule has 1 atom stereocenters. The molecule has 192 valence electrons. The topological polar surface area (TPSA) is 140 Å². The molecule has 10 nitrogen and oxygen atoms in total. The largest absolute Gasteiger partial charge is 0.381 e. The van der Waals surface area contributed by atoms with E-state index >= 15 is 0 Å². The summed E-state index contributed by atoms with van der Waals surface area (Å²) < 4.78 is 27.4. The number of sulfone groups is 1. The Morgan fingerprint density at radius 1 is 1.24 bits per heavy atom. The molecule has 1 aromatic carbocycles. The number of carbonyl (C=O) groups excluding carboxylic acids is 2. The van der Waals surface area contributed by atoms with Crippen LogP contribution in [0.25, 0.3) is 16.9 Å². The lowest BCUT2D eigenvalue weighted by Gasteiger charge is -2.61. The minimum atomic E-state index is -3.70. The van der Waals surface area contributed by atoms with E-state index in [-0.39, 0.29) is 45.4 Å². The van der Waals surface area contributed by atoms with Gasteiger partial charge in [0.15, 0.2) is 21.3 Å². The number of nitrogens with one attached hydrogen (secondary N) is 1. The van der Waals surface area contributed by atoms with E-state index in [0.717, 1.165) is 44.3 Å². The number of carbonyl (C=O) groups is 2. The number of anilines is 1. The van der Waals surface area contributed by atoms with E-state index in [1.165, 1.54) is 6.07 Å². The van der Waals surface area contributed by atoms with Crippen LogP contribution in [0.15, 0.2) is 29.4 Å². The van der Waals surface area contributed by atoms with Crippen LogP contribution < -0.4 is 11.1 Å². The molecule has 3 heterocycles. The minimum Gasteiger partial charge on any atom is -0.381 e. The molecular formula is C26H28N6O4S. The molecule has 0 spiro atoms. The monoisotopic (exact) mass is 520 g/mol. The van der Waals surface area contributed by atoms with Gasteiger partial charge in [-0.2, -0.15) is 0 Å². The van der Waals surface area contributed by atoms with Gasteiger partial charge in [0.1, 0.15) is 5.69 Å². The fourth-order valence-corrected chi connectivity index (χ4v) is 7.24. The van der Waals surface area contributed by atoms with Crippen LogP contribution in [0.2, 0.25) is 0 Å². The van der Waals surface area contributed by atoms with E-state index < -0.39 is 9.84 Å². The summed E-state index contributed by atoms with van der Waals surface area (Å²) in [5.74, 6) is 0.775. The smallest absolute Gasteiger partial charge is 0.271 e. The summed E-state index contributed by atoms with van der Waals surface area (Å²) in [6.45, 7) is 2.39. The zero-order valence-electron chi connectivity index (χ0n) is 20.7. The van der Waals surface area contributed by atoms with E-state index in [2.05, 4.69) is 15.3 Å². The first kappa shape index (κ1) is 22.7. The predicted molar refractivity (Wildman–Crippen MR) is 136 cm³/mol. The van der Waals surface area contributed by atoms with Crippen LogP contribution in [0.3, 0.4) is 0 Å². The lowest BCUT2D eigenvalue weighted by atomic mass is 9.50. The van der Waals surface area contributed by atoms with Crippen molar-refractivity contribution in [2.24, 2.45) is 11.8 Å². The maximum atomic E-state index is 13.3. The number of nitrogen functional groups attached to an aromatic ring is 1. The number of imidazole rings is 1. The summed E-state index contributed by atoms with van der Waals surface area (Å²) in [6, 6.07) is 3.43. The standard InChI is InChI=1S/C26H28N6O4S/c1-13(15-3-4-15)31-11-17-5-16(6-20(37(2,35)36)21(17)25(31)34)19-10-28-23-22(27)29-18(12-32(19)23)24(33)30-26-7-14(8-26)9-26/h5-6,10,12-15H,3-4,7-9,11H2,1-2H3,(H2,27,29)(H,30,33)/t13-,14?,26?/m0/s1. The van der Waals surface area contributed by atoms with Gasteiger partial charge in [-0.15, -0.1) is 0 Å². The Bertz CT molecular complexity index is 1620. The molecule has 4 saturated carbocycles. The first-order valence-corrected chi connectivity index (χ1v) is 14.6. The van der Waals surface area contributed by atoms with Gasteiger partial charge in [0.2, 0.25) is 0 Å². The zero-order chi connectivity index (χ0) is 25.9. The molecular weight excluding hydrogens is 492 g/mol. The summed E-state index contributed by atoms with van der Waals surface area (Å²) in [4.78, 5) is 36.8. The quantitative estimate of drug-likeness (QED) is 0.509. The van der Waals surface area contributed by atoms with Crippen molar-refractivity contribution >= 4 is 33.1 Å². The number of amides is 2. The Kier molecular flexibility index (Phi) is 4.48. The number of nitrogens with zero attached hydrogens (tertiary/aromatic N) is 4. The fraction of sp³-hybridized carbons (Fsp3) is 0.462. The summed E-state index contributed by atoms with van der Waals surface area (Å²) in [5, 5.41) is 3.10. The van der Waals surface area contributed by atoms with E-state index in [1.807, 2.05) is 13.0 Å². The molecule has 1 aliphatic heterocycles. The average molecular weight is 521 g/mol. The van der Waals surface area contributed by atoms with Crippen molar-refractivity contribution in [2.45, 2.75) is 62.0 Å². The van der Waals surface area contributed by atoms with Crippen LogP contribution >= 0.6 is 0 Å². The maximum Gasteiger partial charge on any atom is 0.271 e. The minimum absolute atomic E-state index is 0.00839. The van der Waals surface area contributed by atoms with Gasteiger partial charge in [0.05, 0.1) is 22.3 Å². The van der Waals surface area contributed by atoms with E-state index in [1.54, 1.807) is 21.7 Å². The third-order valence-corrected chi connectivity index (χ3v) is 9.78. The van der Waals surface area contributed by atoms with Gasteiger partial charge >= 0.3 is 0 Å². The van der Waals surface area contributed by atoms with Gasteiger partial charge in [-0.05, 0) is 68.6 Å². The number of aromatic nitrogens is 3. The van der Waals surface area contributed by atoms with Crippen molar-refractivity contribution in [1.82, 2.24) is 24.6 Å². The van der Waals surface area contributed by atoms with Gasteiger partial charge < -0.3 is 16.0 Å². The average Bonchev–Trinajstić information content (AvgIpc) is 3.47. The highest BCUT2D eigenvalue weighted by atomic mass is 32.2. The lowest BCUT2D eigenvalue weighted by Crippen LogP contribution is -2.68. The molecule has 2 aromatic heterocycles. The highest BCUT2D eigenvalue weighted by Crippen LogP contribution is 2.57. The number of rotatable bonds is 6. The van der Waals surface area contributed by atoms with Crippen LogP contribution in [-0.2, 0) is 16.4 Å². The predicted octanol–water partition coefficient (Wildman–Crippen LogP) is 2.42. The number of benzene rings is 1. The molecule has 0 radical (unpaired) electrons. The van der Waals surface area contributed by atoms with Crippen molar-refractivity contribution < 1.29 is 18.0 Å². The maximum absolute atomic E-state index is 13.3. The van der Waals surface area contributed by atoms with Gasteiger partial charge in [-0.3, -0.25) is 14.0 Å². The summed E-state index contributed by atoms with van der Waals surface area (Å²) in [5.41, 5.74) is 8.70. The molecule has 2 amide bonds. The molecule has 8 rings (SSSR count). The zero-order valence-corrected chi connectivity index (χ0v) is 21.5. The summed E-state index contributed by atoms with van der Waals surface area (Å²) in [6.07, 6.45) is 9.49.